The molecule has 0 atom stereocenters. The van der Waals surface area contributed by atoms with Crippen LogP contribution in [0.4, 0.5) is 0 Å². The molecule has 0 N–H and O–H groups in total. The molecule has 8 heteroatoms. The monoisotopic (exact) mass is 276 g/mol. The predicted molar refractivity (Wildman–Crippen MR) is 65.9 cm³/mol. The van der Waals surface area contributed by atoms with Crippen LogP contribution in [0.2, 0.25) is 0 Å². The van der Waals surface area contributed by atoms with Crippen LogP contribution in [0, 0.1) is 0 Å². The standard InChI is InChI=1S/C7H8N4S4/c1(2-12-6-8-4-10-14-6)3-13-7-9-5-11-15-7/h4-5H,1-3H2. The van der Waals surface area contributed by atoms with Crippen LogP contribution in [-0.2, 0) is 0 Å². The minimum Gasteiger partial charge on any atom is -0.216 e. The summed E-state index contributed by atoms with van der Waals surface area (Å²) in [6.07, 6.45) is 4.35. The summed E-state index contributed by atoms with van der Waals surface area (Å²) in [5.74, 6) is 2.17. The van der Waals surface area contributed by atoms with Crippen LogP contribution < -0.4 is 0 Å². The lowest BCUT2D eigenvalue weighted by molar-refractivity contribution is 1.11. The van der Waals surface area contributed by atoms with Gasteiger partial charge in [-0.25, -0.2) is 9.97 Å². The molecule has 0 radical (unpaired) electrons. The average molecular weight is 276 g/mol. The van der Waals surface area contributed by atoms with Crippen molar-refractivity contribution in [3.8, 4) is 0 Å². The fourth-order valence-electron chi connectivity index (χ4n) is 0.831. The number of hydrogen-bond acceptors (Lipinski definition) is 8. The van der Waals surface area contributed by atoms with E-state index in [1.165, 1.54) is 23.1 Å². The molecule has 0 bridgehead atoms. The minimum absolute atomic E-state index is 1.05. The Morgan fingerprint density at radius 3 is 1.87 bits per heavy atom. The van der Waals surface area contributed by atoms with Crippen molar-refractivity contribution in [2.45, 2.75) is 15.1 Å². The molecule has 15 heavy (non-hydrogen) atoms. The van der Waals surface area contributed by atoms with Crippen LogP contribution in [0.25, 0.3) is 0 Å². The molecule has 2 heterocycles. The zero-order chi connectivity index (χ0) is 10.3. The summed E-state index contributed by atoms with van der Waals surface area (Å²) < 4.78 is 10.0. The molecular weight excluding hydrogens is 268 g/mol. The van der Waals surface area contributed by atoms with Crippen LogP contribution >= 0.6 is 46.6 Å². The highest BCUT2D eigenvalue weighted by Gasteiger charge is 1.99. The second-order valence-electron chi connectivity index (χ2n) is 2.46. The van der Waals surface area contributed by atoms with Crippen LogP contribution in [0.5, 0.6) is 0 Å². The van der Waals surface area contributed by atoms with Gasteiger partial charge < -0.3 is 0 Å². The van der Waals surface area contributed by atoms with E-state index in [-0.39, 0.29) is 0 Å². The highest BCUT2D eigenvalue weighted by atomic mass is 32.2. The van der Waals surface area contributed by atoms with Gasteiger partial charge in [-0.3, -0.25) is 0 Å². The van der Waals surface area contributed by atoms with Crippen LogP contribution in [-0.4, -0.2) is 30.2 Å². The number of aromatic nitrogens is 4. The Labute approximate surface area is 104 Å². The molecule has 0 spiro atoms. The lowest BCUT2D eigenvalue weighted by atomic mass is 10.6. The normalized spacial score (nSPS) is 10.7. The molecule has 0 aliphatic rings. The van der Waals surface area contributed by atoms with Crippen molar-refractivity contribution in [1.29, 1.82) is 0 Å². The van der Waals surface area contributed by atoms with Crippen molar-refractivity contribution < 1.29 is 0 Å². The summed E-state index contributed by atoms with van der Waals surface area (Å²) >= 11 is 6.43. The summed E-state index contributed by atoms with van der Waals surface area (Å²) in [5, 5.41) is 0. The molecule has 2 aromatic rings. The first-order valence-corrected chi connectivity index (χ1v) is 7.76. The Kier molecular flexibility index (Phi) is 4.84. The third-order valence-electron chi connectivity index (χ3n) is 1.42. The fraction of sp³-hybridized carbons (Fsp3) is 0.429. The SMILES string of the molecule is c1nsc(SCCCSc2ncns2)n1. The van der Waals surface area contributed by atoms with E-state index in [1.54, 1.807) is 36.2 Å². The van der Waals surface area contributed by atoms with Crippen LogP contribution in [0.1, 0.15) is 6.42 Å². The van der Waals surface area contributed by atoms with Crippen LogP contribution in [0.15, 0.2) is 21.3 Å². The molecule has 0 amide bonds. The van der Waals surface area contributed by atoms with Gasteiger partial charge in [0.15, 0.2) is 8.68 Å². The van der Waals surface area contributed by atoms with E-state index in [1.807, 2.05) is 0 Å². The van der Waals surface area contributed by atoms with Gasteiger partial charge in [-0.1, -0.05) is 23.5 Å². The highest BCUT2D eigenvalue weighted by molar-refractivity contribution is 8.01. The van der Waals surface area contributed by atoms with Crippen molar-refractivity contribution >= 4 is 46.6 Å². The van der Waals surface area contributed by atoms with Gasteiger partial charge in [-0.2, -0.15) is 8.75 Å². The highest BCUT2D eigenvalue weighted by Crippen LogP contribution is 2.22. The Balaban J connectivity index is 1.56. The Hall–Kier alpha value is -0.180. The van der Waals surface area contributed by atoms with E-state index in [0.29, 0.717) is 0 Å². The Bertz CT molecular complexity index is 324. The molecule has 0 unspecified atom stereocenters. The summed E-state index contributed by atoms with van der Waals surface area (Å²) in [6, 6.07) is 0. The molecule has 0 aliphatic carbocycles. The summed E-state index contributed by atoms with van der Waals surface area (Å²) in [5.41, 5.74) is 0. The smallest absolute Gasteiger partial charge is 0.169 e. The zero-order valence-electron chi connectivity index (χ0n) is 7.70. The molecule has 2 aromatic heterocycles. The molecule has 2 rings (SSSR count). The van der Waals surface area contributed by atoms with Gasteiger partial charge in [0.2, 0.25) is 0 Å². The van der Waals surface area contributed by atoms with Gasteiger partial charge in [0.05, 0.1) is 0 Å². The lowest BCUT2D eigenvalue weighted by Gasteiger charge is -1.96. The molecule has 0 saturated carbocycles. The van der Waals surface area contributed by atoms with E-state index in [4.69, 9.17) is 0 Å². The Morgan fingerprint density at radius 2 is 1.47 bits per heavy atom. The largest absolute Gasteiger partial charge is 0.216 e. The molecular formula is C7H8N4S4. The first-order valence-electron chi connectivity index (χ1n) is 4.24. The number of hydrogen-bond donors (Lipinski definition) is 0. The van der Waals surface area contributed by atoms with E-state index >= 15 is 0 Å². The number of rotatable bonds is 6. The van der Waals surface area contributed by atoms with Gasteiger partial charge in [-0.05, 0) is 29.5 Å². The van der Waals surface area contributed by atoms with Gasteiger partial charge in [0, 0.05) is 11.5 Å². The van der Waals surface area contributed by atoms with Crippen molar-refractivity contribution in [3.63, 3.8) is 0 Å². The lowest BCUT2D eigenvalue weighted by Crippen LogP contribution is -1.83. The molecule has 0 fully saturated rings. The maximum Gasteiger partial charge on any atom is 0.169 e. The second-order valence-corrected chi connectivity index (χ2v) is 6.71. The van der Waals surface area contributed by atoms with E-state index < -0.39 is 0 Å². The third-order valence-corrected chi connectivity index (χ3v) is 5.19. The maximum absolute atomic E-state index is 4.11. The predicted octanol–water partition coefficient (Wildman–Crippen LogP) is 2.66. The maximum atomic E-state index is 4.11. The van der Waals surface area contributed by atoms with Crippen molar-refractivity contribution in [2.75, 3.05) is 11.5 Å². The van der Waals surface area contributed by atoms with Gasteiger partial charge in [0.1, 0.15) is 12.7 Å². The van der Waals surface area contributed by atoms with Crippen molar-refractivity contribution in [3.05, 3.63) is 12.7 Å². The van der Waals surface area contributed by atoms with E-state index in [2.05, 4.69) is 18.7 Å². The summed E-state index contributed by atoms with van der Waals surface area (Å²) in [7, 11) is 0. The van der Waals surface area contributed by atoms with Gasteiger partial charge in [0.25, 0.3) is 0 Å². The van der Waals surface area contributed by atoms with Crippen molar-refractivity contribution in [2.24, 2.45) is 0 Å². The molecule has 0 saturated heterocycles. The first-order chi connectivity index (χ1) is 7.45. The third kappa shape index (κ3) is 4.06. The quantitative estimate of drug-likeness (QED) is 0.597. The fourth-order valence-corrected chi connectivity index (χ4v) is 3.92. The van der Waals surface area contributed by atoms with Crippen LogP contribution in [0.3, 0.4) is 0 Å². The number of thioether (sulfide) groups is 2. The Morgan fingerprint density at radius 1 is 0.933 bits per heavy atom. The van der Waals surface area contributed by atoms with Gasteiger partial charge >= 0.3 is 0 Å². The topological polar surface area (TPSA) is 51.6 Å². The first kappa shape index (κ1) is 11.3. The summed E-state index contributed by atoms with van der Waals surface area (Å²) in [4.78, 5) is 8.21. The minimum atomic E-state index is 1.05. The summed E-state index contributed by atoms with van der Waals surface area (Å²) in [6.45, 7) is 0. The average Bonchev–Trinajstić information content (AvgIpc) is 2.88. The van der Waals surface area contributed by atoms with E-state index in [9.17, 15) is 0 Å². The molecule has 80 valence electrons. The zero-order valence-corrected chi connectivity index (χ0v) is 11.0. The van der Waals surface area contributed by atoms with E-state index in [0.717, 1.165) is 26.6 Å². The number of nitrogens with zero attached hydrogens (tertiary/aromatic N) is 4. The van der Waals surface area contributed by atoms with Gasteiger partial charge in [-0.15, -0.1) is 0 Å². The molecule has 0 aromatic carbocycles. The molecule has 0 aliphatic heterocycles. The van der Waals surface area contributed by atoms with Crippen molar-refractivity contribution in [1.82, 2.24) is 18.7 Å². The second kappa shape index (κ2) is 6.41. The molecule has 4 nitrogen and oxygen atoms in total.